The molecule has 0 saturated carbocycles. The Morgan fingerprint density at radius 3 is 0.859 bits per heavy atom. The lowest BCUT2D eigenvalue weighted by molar-refractivity contribution is -0.147. The minimum absolute atomic E-state index is 0.0171. The van der Waals surface area contributed by atoms with Gasteiger partial charge in [-0.15, -0.1) is 0 Å². The maximum Gasteiger partial charge on any atom is 0.243 e. The highest BCUT2D eigenvalue weighted by atomic mass is 16.2. The van der Waals surface area contributed by atoms with Crippen molar-refractivity contribution in [3.8, 4) is 0 Å². The van der Waals surface area contributed by atoms with E-state index in [2.05, 4.69) is 31.9 Å². The molecule has 0 aromatic rings. The van der Waals surface area contributed by atoms with Crippen LogP contribution in [0.25, 0.3) is 0 Å². The zero-order valence-corrected chi connectivity index (χ0v) is 63.8. The molecule has 0 aliphatic heterocycles. The largest absolute Gasteiger partial charge is 0.354 e. The fourth-order valence-electron chi connectivity index (χ4n) is 7.74. The van der Waals surface area contributed by atoms with Crippen LogP contribution >= 0.6 is 0 Å². The van der Waals surface area contributed by atoms with Crippen LogP contribution in [0.4, 0.5) is 0 Å². The van der Waals surface area contributed by atoms with Crippen LogP contribution < -0.4 is 31.9 Å². The summed E-state index contributed by atoms with van der Waals surface area (Å²) in [4.78, 5) is 151. The van der Waals surface area contributed by atoms with Crippen molar-refractivity contribution in [2.24, 2.45) is 43.3 Å². The number of ketones is 4. The number of rotatable bonds is 30. The van der Waals surface area contributed by atoms with E-state index in [1.807, 2.05) is 173 Å². The van der Waals surface area contributed by atoms with Crippen LogP contribution in [0.1, 0.15) is 284 Å². The van der Waals surface area contributed by atoms with Crippen molar-refractivity contribution < 1.29 is 57.5 Å². The third-order valence-corrected chi connectivity index (χ3v) is 14.4. The monoisotopic (exact) mass is 1310 g/mol. The molecule has 92 heavy (non-hydrogen) atoms. The van der Waals surface area contributed by atoms with Gasteiger partial charge in [0.2, 0.25) is 47.3 Å². The van der Waals surface area contributed by atoms with Gasteiger partial charge in [-0.25, -0.2) is 0 Å². The Labute approximate surface area is 558 Å². The second-order valence-corrected chi connectivity index (χ2v) is 33.2. The molecule has 0 aromatic heterocycles. The molecule has 0 heterocycles. The maximum absolute atomic E-state index is 12.5. The molecule has 20 heteroatoms. The summed E-state index contributed by atoms with van der Waals surface area (Å²) in [5.74, 6) is -1.88. The summed E-state index contributed by atoms with van der Waals surface area (Å²) in [5.41, 5.74) is -3.66. The standard InChI is InChI=1S/C19H36N2O3.2C18H34N2O3.C17H32N2O3/c1-9-10-11-20-17(24)14(12-15(22)19(5,6)7)21(8)16(23)13-18(2,3)4;1-9-10-11-19-15(22)13(12-14(21)17(2,3)4)20(8)16(23)18(5,6)7;1-8-9-10-19-16(23)13(11-14(21)18(5,6)7)20-15(22)12-17(2,3)4;1-8-9-10-18-14(21)12(11-13(20)16(2,3)4)19-15(22)17(5,6)7/h14H,9-13H2,1-8H3,(H,20,24);13H,9-12H2,1-8H3,(H,19,22);13H,8-12H2,1-7H3,(H,19,23)(H,20,22);12H,8-11H2,1-7H3,(H,18,21)(H,19,22). The molecule has 8 amide bonds. The van der Waals surface area contributed by atoms with Crippen molar-refractivity contribution in [1.82, 2.24) is 41.7 Å². The van der Waals surface area contributed by atoms with Crippen LogP contribution in [-0.2, 0) is 57.5 Å². The number of carbonyl (C=O) groups excluding carboxylic acids is 12. The first kappa shape index (κ1) is 92.8. The Bertz CT molecular complexity index is 2310. The van der Waals surface area contributed by atoms with Gasteiger partial charge >= 0.3 is 0 Å². The van der Waals surface area contributed by atoms with E-state index in [0.717, 1.165) is 51.4 Å². The van der Waals surface area contributed by atoms with Crippen LogP contribution in [-0.4, -0.2) is 145 Å². The first-order valence-electron chi connectivity index (χ1n) is 33.7. The molecule has 0 aliphatic rings. The van der Waals surface area contributed by atoms with Crippen molar-refractivity contribution in [1.29, 1.82) is 0 Å². The number of carbonyl (C=O) groups is 12. The zero-order valence-electron chi connectivity index (χ0n) is 63.8. The van der Waals surface area contributed by atoms with Gasteiger partial charge in [0.1, 0.15) is 47.3 Å². The molecule has 6 N–H and O–H groups in total. The molecule has 0 rings (SSSR count). The Morgan fingerprint density at radius 2 is 0.598 bits per heavy atom. The van der Waals surface area contributed by atoms with E-state index in [9.17, 15) is 57.5 Å². The van der Waals surface area contributed by atoms with Crippen LogP contribution in [0.2, 0.25) is 0 Å². The van der Waals surface area contributed by atoms with Gasteiger partial charge in [-0.3, -0.25) is 57.5 Å². The number of likely N-dealkylation sites (N-methyl/N-ethyl adjacent to an activating group) is 2. The minimum Gasteiger partial charge on any atom is -0.354 e. The molecular weight excluding hydrogens is 1170 g/mol. The first-order chi connectivity index (χ1) is 41.4. The summed E-state index contributed by atoms with van der Waals surface area (Å²) < 4.78 is 0. The lowest BCUT2D eigenvalue weighted by Crippen LogP contribution is -2.52. The van der Waals surface area contributed by atoms with Crippen LogP contribution in [0, 0.1) is 43.3 Å². The molecule has 0 fully saturated rings. The van der Waals surface area contributed by atoms with Gasteiger partial charge in [0, 0.05) is 111 Å². The third kappa shape index (κ3) is 43.4. The number of hydrogen-bond acceptors (Lipinski definition) is 12. The molecule has 4 unspecified atom stereocenters. The van der Waals surface area contributed by atoms with Crippen LogP contribution in [0.3, 0.4) is 0 Å². The summed E-state index contributed by atoms with van der Waals surface area (Å²) in [6, 6.07) is -3.11. The van der Waals surface area contributed by atoms with Crippen molar-refractivity contribution in [2.75, 3.05) is 40.3 Å². The number of unbranched alkanes of at least 4 members (excludes halogenated alkanes) is 4. The number of amides is 8. The van der Waals surface area contributed by atoms with Gasteiger partial charge in [-0.05, 0) is 36.5 Å². The molecule has 0 spiro atoms. The van der Waals surface area contributed by atoms with Gasteiger partial charge in [0.15, 0.2) is 0 Å². The van der Waals surface area contributed by atoms with Crippen molar-refractivity contribution >= 4 is 70.4 Å². The SMILES string of the molecule is CCCCNC(=O)C(CC(=O)C(C)(C)C)N(C)C(=O)C(C)(C)C.CCCCNC(=O)C(CC(=O)C(C)(C)C)N(C)C(=O)CC(C)(C)C.CCCCNC(=O)C(CC(=O)C(C)(C)C)NC(=O)C(C)(C)C.CCCCNC(=O)C(CC(=O)C(C)(C)C)NC(=O)CC(C)(C)C. The topological polar surface area (TPSA) is 283 Å². The maximum atomic E-state index is 12.5. The number of Topliss-reactive ketones (excluding diaryl/α,β-unsaturated/α-hetero) is 4. The van der Waals surface area contributed by atoms with E-state index in [4.69, 9.17) is 0 Å². The van der Waals surface area contributed by atoms with Gasteiger partial charge in [0.05, 0.1) is 0 Å². The Kier molecular flexibility index (Phi) is 42.4. The predicted molar refractivity (Wildman–Crippen MR) is 372 cm³/mol. The second-order valence-electron chi connectivity index (χ2n) is 33.2. The highest BCUT2D eigenvalue weighted by Crippen LogP contribution is 2.26. The molecule has 0 aliphatic carbocycles. The number of nitrogens with one attached hydrogen (secondary N) is 6. The van der Waals surface area contributed by atoms with Gasteiger partial charge in [0.25, 0.3) is 0 Å². The Morgan fingerprint density at radius 1 is 0.326 bits per heavy atom. The van der Waals surface area contributed by atoms with E-state index in [0.29, 0.717) is 39.0 Å². The van der Waals surface area contributed by atoms with E-state index < -0.39 is 56.7 Å². The fraction of sp³-hybridized carbons (Fsp3) is 0.833. The van der Waals surface area contributed by atoms with Gasteiger partial charge in [-0.1, -0.05) is 220 Å². The molecular formula is C72H136N8O12. The van der Waals surface area contributed by atoms with E-state index in [1.165, 1.54) is 9.80 Å². The summed E-state index contributed by atoms with van der Waals surface area (Å²) in [6.07, 6.45) is 8.19. The smallest absolute Gasteiger partial charge is 0.243 e. The molecule has 0 aromatic carbocycles. The highest BCUT2D eigenvalue weighted by Gasteiger charge is 2.38. The van der Waals surface area contributed by atoms with E-state index in [-0.39, 0.29) is 107 Å². The average Bonchev–Trinajstić information content (AvgIpc) is 0.867. The van der Waals surface area contributed by atoms with Gasteiger partial charge < -0.3 is 41.7 Å². The lowest BCUT2D eigenvalue weighted by Gasteiger charge is -2.33. The Balaban J connectivity index is -0.000000561. The summed E-state index contributed by atoms with van der Waals surface area (Å²) in [7, 11) is 3.22. The van der Waals surface area contributed by atoms with Crippen molar-refractivity contribution in [2.45, 2.75) is 308 Å². The van der Waals surface area contributed by atoms with Crippen molar-refractivity contribution in [3.63, 3.8) is 0 Å². The third-order valence-electron chi connectivity index (χ3n) is 14.4. The average molecular weight is 1310 g/mol. The summed E-state index contributed by atoms with van der Waals surface area (Å²) >= 11 is 0. The van der Waals surface area contributed by atoms with Gasteiger partial charge in [-0.2, -0.15) is 0 Å². The predicted octanol–water partition coefficient (Wildman–Crippen LogP) is 11.2. The molecule has 0 saturated heterocycles. The van der Waals surface area contributed by atoms with Crippen LogP contribution in [0.5, 0.6) is 0 Å². The second kappa shape index (κ2) is 42.0. The number of nitrogens with zero attached hydrogens (tertiary/aromatic N) is 2. The van der Waals surface area contributed by atoms with Crippen molar-refractivity contribution in [3.05, 3.63) is 0 Å². The van der Waals surface area contributed by atoms with Crippen LogP contribution in [0.15, 0.2) is 0 Å². The normalized spacial score (nSPS) is 13.4. The molecule has 20 nitrogen and oxygen atoms in total. The summed E-state index contributed by atoms with van der Waals surface area (Å²) in [6.45, 7) is 54.9. The Hall–Kier alpha value is -5.56. The molecule has 4 atom stereocenters. The quantitative estimate of drug-likeness (QED) is 0.0366. The summed E-state index contributed by atoms with van der Waals surface area (Å²) in [5, 5.41) is 16.7. The highest BCUT2D eigenvalue weighted by molar-refractivity contribution is 5.97. The molecule has 0 radical (unpaired) electrons. The zero-order chi connectivity index (χ0) is 73.4. The van der Waals surface area contributed by atoms with E-state index in [1.54, 1.807) is 34.9 Å². The first-order valence-corrected chi connectivity index (χ1v) is 33.7. The molecule has 0 bridgehead atoms. The number of hydrogen-bond donors (Lipinski definition) is 6. The molecule has 536 valence electrons. The lowest BCUT2D eigenvalue weighted by atomic mass is 9.86. The van der Waals surface area contributed by atoms with E-state index >= 15 is 0 Å². The fourth-order valence-corrected chi connectivity index (χ4v) is 7.74. The minimum atomic E-state index is -0.810.